The van der Waals surface area contributed by atoms with Crippen LogP contribution in [-0.2, 0) is 4.74 Å². The third kappa shape index (κ3) is 3.73. The smallest absolute Gasteiger partial charge is 0.410 e. The van der Waals surface area contributed by atoms with Crippen LogP contribution in [0, 0.1) is 0 Å². The van der Waals surface area contributed by atoms with E-state index in [1.165, 1.54) is 0 Å². The maximum absolute atomic E-state index is 12.0. The van der Waals surface area contributed by atoms with E-state index < -0.39 is 11.7 Å². The van der Waals surface area contributed by atoms with Gasteiger partial charge < -0.3 is 14.7 Å². The number of aliphatic hydroxyl groups excluding tert-OH is 1. The molecule has 0 aromatic heterocycles. The lowest BCUT2D eigenvalue weighted by atomic mass is 9.96. The summed E-state index contributed by atoms with van der Waals surface area (Å²) < 4.78 is 6.31. The number of ether oxygens (including phenoxy) is 1. The average molecular weight is 342 g/mol. The number of carbonyl (C=O) groups is 1. The molecule has 1 aromatic carbocycles. The van der Waals surface area contributed by atoms with Gasteiger partial charge in [0.2, 0.25) is 0 Å². The number of carbonyl (C=O) groups excluding carboxylic acids is 1. The Labute approximate surface area is 127 Å². The van der Waals surface area contributed by atoms with Crippen molar-refractivity contribution in [3.63, 3.8) is 0 Å². The minimum absolute atomic E-state index is 0.0694. The summed E-state index contributed by atoms with van der Waals surface area (Å²) >= 11 is 3.43. The topological polar surface area (TPSA) is 49.8 Å². The summed E-state index contributed by atoms with van der Waals surface area (Å²) in [5, 5.41) is 10.2. The first kappa shape index (κ1) is 15.3. The molecule has 0 radical (unpaired) electrons. The molecule has 1 heterocycles. The van der Waals surface area contributed by atoms with E-state index in [1.54, 1.807) is 4.90 Å². The van der Waals surface area contributed by atoms with Crippen molar-refractivity contribution in [2.45, 2.75) is 38.4 Å². The highest BCUT2D eigenvalue weighted by atomic mass is 79.9. The standard InChI is InChI=1S/C15H20BrNO3/c1-15(2,3)20-14(19)17-8-12(13(18)9-17)10-5-4-6-11(16)7-10/h4-7,12-13,18H,8-9H2,1-3H3/t12-,13+/m0/s1. The van der Waals surface area contributed by atoms with Gasteiger partial charge in [-0.1, -0.05) is 28.1 Å². The van der Waals surface area contributed by atoms with Gasteiger partial charge in [-0.15, -0.1) is 0 Å². The SMILES string of the molecule is CC(C)(C)OC(=O)N1C[C@@H](O)[C@H](c2cccc(Br)c2)C1. The minimum atomic E-state index is -0.559. The Morgan fingerprint density at radius 3 is 2.70 bits per heavy atom. The number of likely N-dealkylation sites (tertiary alicyclic amines) is 1. The monoisotopic (exact) mass is 341 g/mol. The molecule has 0 unspecified atom stereocenters. The molecule has 110 valence electrons. The van der Waals surface area contributed by atoms with Crippen molar-refractivity contribution in [3.05, 3.63) is 34.3 Å². The van der Waals surface area contributed by atoms with Gasteiger partial charge in [0.05, 0.1) is 12.6 Å². The summed E-state index contributed by atoms with van der Waals surface area (Å²) in [7, 11) is 0. The molecule has 1 aromatic rings. The fourth-order valence-electron chi connectivity index (χ4n) is 2.33. The number of β-amino-alcohol motifs (C(OH)–C–C–N with tert-alkyl or cyclic N) is 1. The molecule has 1 aliphatic rings. The van der Waals surface area contributed by atoms with Crippen LogP contribution < -0.4 is 0 Å². The first-order chi connectivity index (χ1) is 9.26. The van der Waals surface area contributed by atoms with Crippen molar-refractivity contribution in [3.8, 4) is 0 Å². The fourth-order valence-corrected chi connectivity index (χ4v) is 2.74. The van der Waals surface area contributed by atoms with Crippen LogP contribution in [0.25, 0.3) is 0 Å². The summed E-state index contributed by atoms with van der Waals surface area (Å²) in [6, 6.07) is 7.82. The number of hydrogen-bond acceptors (Lipinski definition) is 3. The number of hydrogen-bond donors (Lipinski definition) is 1. The van der Waals surface area contributed by atoms with E-state index in [0.29, 0.717) is 13.1 Å². The summed E-state index contributed by atoms with van der Waals surface area (Å²) in [5.74, 6) is -0.0694. The third-order valence-electron chi connectivity index (χ3n) is 3.22. The largest absolute Gasteiger partial charge is 0.444 e. The summed E-state index contributed by atoms with van der Waals surface area (Å²) in [6.07, 6.45) is -0.925. The van der Waals surface area contributed by atoms with Gasteiger partial charge in [-0.05, 0) is 38.5 Å². The van der Waals surface area contributed by atoms with E-state index in [4.69, 9.17) is 4.74 Å². The zero-order valence-corrected chi connectivity index (χ0v) is 13.6. The molecule has 0 bridgehead atoms. The number of rotatable bonds is 1. The van der Waals surface area contributed by atoms with Crippen molar-refractivity contribution < 1.29 is 14.6 Å². The van der Waals surface area contributed by atoms with Crippen molar-refractivity contribution in [2.24, 2.45) is 0 Å². The molecule has 1 N–H and O–H groups in total. The molecule has 1 amide bonds. The molecular formula is C15H20BrNO3. The molecule has 0 aliphatic carbocycles. The molecule has 0 spiro atoms. The Hall–Kier alpha value is -1.07. The first-order valence-corrected chi connectivity index (χ1v) is 7.47. The normalized spacial score (nSPS) is 22.9. The first-order valence-electron chi connectivity index (χ1n) is 6.68. The van der Waals surface area contributed by atoms with Crippen LogP contribution >= 0.6 is 15.9 Å². The maximum Gasteiger partial charge on any atom is 0.410 e. The lowest BCUT2D eigenvalue weighted by molar-refractivity contribution is 0.0270. The number of benzene rings is 1. The van der Waals surface area contributed by atoms with Crippen LogP contribution in [0.3, 0.4) is 0 Å². The second-order valence-electron chi connectivity index (χ2n) is 6.11. The van der Waals surface area contributed by atoms with Gasteiger partial charge in [0.15, 0.2) is 0 Å². The maximum atomic E-state index is 12.0. The molecule has 1 aliphatic heterocycles. The van der Waals surface area contributed by atoms with Crippen LogP contribution in [-0.4, -0.2) is 40.9 Å². The van der Waals surface area contributed by atoms with Crippen LogP contribution in [0.1, 0.15) is 32.3 Å². The predicted octanol–water partition coefficient (Wildman–Crippen LogP) is 3.14. The molecule has 1 fully saturated rings. The Kier molecular flexibility index (Phi) is 4.39. The minimum Gasteiger partial charge on any atom is -0.444 e. The van der Waals surface area contributed by atoms with E-state index in [2.05, 4.69) is 15.9 Å². The van der Waals surface area contributed by atoms with Crippen molar-refractivity contribution >= 4 is 22.0 Å². The Morgan fingerprint density at radius 1 is 1.40 bits per heavy atom. The van der Waals surface area contributed by atoms with Crippen LogP contribution in [0.15, 0.2) is 28.7 Å². The van der Waals surface area contributed by atoms with Gasteiger partial charge in [-0.2, -0.15) is 0 Å². The van der Waals surface area contributed by atoms with E-state index in [9.17, 15) is 9.90 Å². The van der Waals surface area contributed by atoms with Crippen molar-refractivity contribution in [2.75, 3.05) is 13.1 Å². The van der Waals surface area contributed by atoms with E-state index in [1.807, 2.05) is 45.0 Å². The predicted molar refractivity (Wildman–Crippen MR) is 80.7 cm³/mol. The van der Waals surface area contributed by atoms with Crippen molar-refractivity contribution in [1.29, 1.82) is 0 Å². The zero-order chi connectivity index (χ0) is 14.9. The molecule has 2 rings (SSSR count). The highest BCUT2D eigenvalue weighted by Crippen LogP contribution is 2.30. The fraction of sp³-hybridized carbons (Fsp3) is 0.533. The van der Waals surface area contributed by atoms with Crippen molar-refractivity contribution in [1.82, 2.24) is 4.90 Å². The lowest BCUT2D eigenvalue weighted by Crippen LogP contribution is -2.35. The Balaban J connectivity index is 2.07. The van der Waals surface area contributed by atoms with Gasteiger partial charge in [-0.3, -0.25) is 0 Å². The second kappa shape index (κ2) is 5.74. The van der Waals surface area contributed by atoms with Crippen LogP contribution in [0.5, 0.6) is 0 Å². The Morgan fingerprint density at radius 2 is 2.10 bits per heavy atom. The average Bonchev–Trinajstić information content (AvgIpc) is 2.69. The van der Waals surface area contributed by atoms with E-state index in [0.717, 1.165) is 10.0 Å². The molecule has 4 nitrogen and oxygen atoms in total. The van der Waals surface area contributed by atoms with Gasteiger partial charge in [0, 0.05) is 16.9 Å². The zero-order valence-electron chi connectivity index (χ0n) is 12.0. The summed E-state index contributed by atoms with van der Waals surface area (Å²) in [5.41, 5.74) is 0.508. The molecular weight excluding hydrogens is 322 g/mol. The number of amides is 1. The number of aliphatic hydroxyl groups is 1. The highest BCUT2D eigenvalue weighted by Gasteiger charge is 2.36. The van der Waals surface area contributed by atoms with E-state index >= 15 is 0 Å². The number of halogens is 1. The Bertz CT molecular complexity index is 498. The van der Waals surface area contributed by atoms with Gasteiger partial charge in [0.1, 0.15) is 5.60 Å². The molecule has 2 atom stereocenters. The quantitative estimate of drug-likeness (QED) is 0.853. The third-order valence-corrected chi connectivity index (χ3v) is 3.71. The lowest BCUT2D eigenvalue weighted by Gasteiger charge is -2.24. The summed E-state index contributed by atoms with van der Waals surface area (Å²) in [4.78, 5) is 13.6. The van der Waals surface area contributed by atoms with Gasteiger partial charge >= 0.3 is 6.09 Å². The summed E-state index contributed by atoms with van der Waals surface area (Å²) in [6.45, 7) is 6.30. The molecule has 20 heavy (non-hydrogen) atoms. The molecule has 1 saturated heterocycles. The van der Waals surface area contributed by atoms with Gasteiger partial charge in [0.25, 0.3) is 0 Å². The second-order valence-corrected chi connectivity index (χ2v) is 7.03. The number of nitrogens with zero attached hydrogens (tertiary/aromatic N) is 1. The molecule has 0 saturated carbocycles. The molecule has 5 heteroatoms. The van der Waals surface area contributed by atoms with Crippen LogP contribution in [0.4, 0.5) is 4.79 Å². The van der Waals surface area contributed by atoms with Gasteiger partial charge in [-0.25, -0.2) is 4.79 Å². The highest BCUT2D eigenvalue weighted by molar-refractivity contribution is 9.10. The van der Waals surface area contributed by atoms with E-state index in [-0.39, 0.29) is 12.0 Å². The van der Waals surface area contributed by atoms with Crippen LogP contribution in [0.2, 0.25) is 0 Å².